The van der Waals surface area contributed by atoms with Crippen molar-refractivity contribution in [3.8, 4) is 11.5 Å². The number of carboxylic acid groups (broad SMARTS) is 1. The fraction of sp³-hybridized carbons (Fsp3) is 0.353. The number of carbonyl (C=O) groups is 4. The van der Waals surface area contributed by atoms with Crippen LogP contribution < -0.4 is 14.8 Å². The largest absolute Gasteiger partial charge is 0.481 e. The molecular weight excluding hydrogens is 594 g/mol. The molecular formula is C34H37N3O7S. The zero-order valence-corrected chi connectivity index (χ0v) is 25.9. The molecule has 5 rings (SSSR count). The van der Waals surface area contributed by atoms with E-state index in [0.717, 1.165) is 17.5 Å². The van der Waals surface area contributed by atoms with Gasteiger partial charge in [-0.05, 0) is 41.3 Å². The number of piperazine rings is 1. The van der Waals surface area contributed by atoms with E-state index >= 15 is 0 Å². The third-order valence-corrected chi connectivity index (χ3v) is 8.61. The Kier molecular flexibility index (Phi) is 10.3. The van der Waals surface area contributed by atoms with Gasteiger partial charge in [0.1, 0.15) is 18.6 Å². The summed E-state index contributed by atoms with van der Waals surface area (Å²) in [5.41, 5.74) is 2.23. The predicted molar refractivity (Wildman–Crippen MR) is 169 cm³/mol. The van der Waals surface area contributed by atoms with Crippen LogP contribution in [-0.4, -0.2) is 64.0 Å². The average molecular weight is 632 g/mol. The first-order chi connectivity index (χ1) is 21.7. The summed E-state index contributed by atoms with van der Waals surface area (Å²) < 4.78 is 10.8. The maximum atomic E-state index is 14.3. The molecule has 0 aromatic heterocycles. The Labute approximate surface area is 267 Å². The van der Waals surface area contributed by atoms with Gasteiger partial charge in [0.25, 0.3) is 0 Å². The van der Waals surface area contributed by atoms with Gasteiger partial charge in [-0.15, -0.1) is 12.6 Å². The second-order valence-electron chi connectivity index (χ2n) is 11.3. The second-order valence-corrected chi connectivity index (χ2v) is 11.7. The summed E-state index contributed by atoms with van der Waals surface area (Å²) in [6, 6.07) is 19.2. The van der Waals surface area contributed by atoms with Gasteiger partial charge in [0.05, 0.1) is 12.5 Å². The van der Waals surface area contributed by atoms with Gasteiger partial charge in [-0.2, -0.15) is 0 Å². The molecule has 1 fully saturated rings. The molecule has 2 aliphatic heterocycles. The Morgan fingerprint density at radius 3 is 2.49 bits per heavy atom. The summed E-state index contributed by atoms with van der Waals surface area (Å²) in [5.74, 6) is -1.23. The van der Waals surface area contributed by atoms with Crippen molar-refractivity contribution in [3.63, 3.8) is 0 Å². The highest BCUT2D eigenvalue weighted by Gasteiger charge is 2.44. The summed E-state index contributed by atoms with van der Waals surface area (Å²) in [7, 11) is 0. The molecule has 11 heteroatoms. The Morgan fingerprint density at radius 1 is 1.02 bits per heavy atom. The van der Waals surface area contributed by atoms with E-state index in [-0.39, 0.29) is 44.5 Å². The number of hydrogen-bond donors (Lipinski definition) is 3. The zero-order chi connectivity index (χ0) is 31.9. The third kappa shape index (κ3) is 7.59. The molecule has 3 aromatic carbocycles. The van der Waals surface area contributed by atoms with Gasteiger partial charge in [0, 0.05) is 17.9 Å². The number of benzene rings is 3. The third-order valence-electron chi connectivity index (χ3n) is 8.18. The Bertz CT molecular complexity index is 1550. The van der Waals surface area contributed by atoms with Crippen LogP contribution in [0.4, 0.5) is 0 Å². The molecule has 0 saturated carbocycles. The number of unbranched alkanes of at least 4 members (excludes halogenated alkanes) is 1. The number of ether oxygens (including phenoxy) is 2. The van der Waals surface area contributed by atoms with Crippen LogP contribution in [0.3, 0.4) is 0 Å². The van der Waals surface area contributed by atoms with Crippen molar-refractivity contribution >= 4 is 36.3 Å². The van der Waals surface area contributed by atoms with E-state index < -0.39 is 30.0 Å². The lowest BCUT2D eigenvalue weighted by molar-refractivity contribution is -0.161. The van der Waals surface area contributed by atoms with Crippen molar-refractivity contribution in [2.45, 2.75) is 68.6 Å². The Balaban J connectivity index is 1.44. The highest BCUT2D eigenvalue weighted by atomic mass is 32.1. The molecule has 3 aromatic rings. The van der Waals surface area contributed by atoms with Crippen LogP contribution in [0.25, 0.3) is 0 Å². The number of amides is 3. The highest BCUT2D eigenvalue weighted by molar-refractivity contribution is 7.80. The minimum Gasteiger partial charge on any atom is -0.481 e. The smallest absolute Gasteiger partial charge is 0.305 e. The summed E-state index contributed by atoms with van der Waals surface area (Å²) in [6.07, 6.45) is 1.60. The first-order valence-electron chi connectivity index (χ1n) is 15.1. The molecule has 2 heterocycles. The number of aliphatic carboxylic acids is 1. The maximum absolute atomic E-state index is 14.3. The van der Waals surface area contributed by atoms with Crippen molar-refractivity contribution in [2.24, 2.45) is 0 Å². The summed E-state index contributed by atoms with van der Waals surface area (Å²) >= 11 is 4.56. The predicted octanol–water partition coefficient (Wildman–Crippen LogP) is 4.38. The first kappa shape index (κ1) is 31.9. The lowest BCUT2D eigenvalue weighted by Crippen LogP contribution is -2.64. The SMILES string of the molecule is CCCC[C@@H](C(=O)N[C@@H](CC(=O)O)c1ccc2c(c1)OCO2)N1CC(=O)N(Cc2ccccc2S)[C@@H](Cc2ccccc2)C1=O. The van der Waals surface area contributed by atoms with Crippen LogP contribution in [0.2, 0.25) is 0 Å². The number of carbonyl (C=O) groups excluding carboxylic acids is 3. The van der Waals surface area contributed by atoms with Gasteiger partial charge in [-0.25, -0.2) is 0 Å². The van der Waals surface area contributed by atoms with Crippen LogP contribution >= 0.6 is 12.6 Å². The number of rotatable bonds is 13. The van der Waals surface area contributed by atoms with Crippen LogP contribution in [0.15, 0.2) is 77.7 Å². The van der Waals surface area contributed by atoms with Gasteiger partial charge < -0.3 is 29.7 Å². The van der Waals surface area contributed by atoms with E-state index in [1.807, 2.05) is 61.5 Å². The molecule has 0 spiro atoms. The van der Waals surface area contributed by atoms with Crippen molar-refractivity contribution in [1.29, 1.82) is 0 Å². The number of hydrogen-bond acceptors (Lipinski definition) is 7. The van der Waals surface area contributed by atoms with Crippen LogP contribution in [0.1, 0.15) is 55.3 Å². The van der Waals surface area contributed by atoms with E-state index in [1.165, 1.54) is 4.90 Å². The molecule has 0 aliphatic carbocycles. The van der Waals surface area contributed by atoms with E-state index in [4.69, 9.17) is 9.47 Å². The molecule has 2 aliphatic rings. The first-order valence-corrected chi connectivity index (χ1v) is 15.5. The highest BCUT2D eigenvalue weighted by Crippen LogP contribution is 2.35. The van der Waals surface area contributed by atoms with Crippen LogP contribution in [-0.2, 0) is 32.1 Å². The fourth-order valence-electron chi connectivity index (χ4n) is 5.79. The number of thiol groups is 1. The fourth-order valence-corrected chi connectivity index (χ4v) is 6.02. The summed E-state index contributed by atoms with van der Waals surface area (Å²) in [5, 5.41) is 12.5. The summed E-state index contributed by atoms with van der Waals surface area (Å²) in [6.45, 7) is 1.97. The van der Waals surface area contributed by atoms with Gasteiger partial charge in [0.15, 0.2) is 11.5 Å². The standard InChI is InChI=1S/C34H37N3O7S/c1-2-3-12-26(33(41)35-25(18-32(39)40)23-14-15-28-29(17-23)44-21-43-28)37-20-31(38)36(19-24-11-7-8-13-30(24)45)27(34(37)42)16-22-9-5-4-6-10-22/h4-11,13-15,17,25-27,45H,2-3,12,16,18-21H2,1H3,(H,35,41)(H,39,40)/t25-,26-,27-/m0/s1. The molecule has 45 heavy (non-hydrogen) atoms. The van der Waals surface area contributed by atoms with Gasteiger partial charge in [0.2, 0.25) is 24.5 Å². The second kappa shape index (κ2) is 14.5. The molecule has 3 atom stereocenters. The number of carboxylic acids is 1. The number of fused-ring (bicyclic) bond motifs is 1. The van der Waals surface area contributed by atoms with Crippen molar-refractivity contribution in [2.75, 3.05) is 13.3 Å². The van der Waals surface area contributed by atoms with E-state index in [0.29, 0.717) is 34.8 Å². The van der Waals surface area contributed by atoms with Crippen LogP contribution in [0.5, 0.6) is 11.5 Å². The van der Waals surface area contributed by atoms with Crippen LogP contribution in [0, 0.1) is 0 Å². The molecule has 10 nitrogen and oxygen atoms in total. The Hall–Kier alpha value is -4.51. The van der Waals surface area contributed by atoms with Gasteiger partial charge >= 0.3 is 5.97 Å². The van der Waals surface area contributed by atoms with Crippen molar-refractivity contribution in [1.82, 2.24) is 15.1 Å². The lowest BCUT2D eigenvalue weighted by Gasteiger charge is -2.43. The zero-order valence-electron chi connectivity index (χ0n) is 25.1. The maximum Gasteiger partial charge on any atom is 0.305 e. The average Bonchev–Trinajstić information content (AvgIpc) is 3.50. The Morgan fingerprint density at radius 2 is 1.76 bits per heavy atom. The molecule has 2 N–H and O–H groups in total. The minimum absolute atomic E-state index is 0.0552. The number of nitrogens with one attached hydrogen (secondary N) is 1. The van der Waals surface area contributed by atoms with E-state index in [1.54, 1.807) is 23.1 Å². The molecule has 236 valence electrons. The summed E-state index contributed by atoms with van der Waals surface area (Å²) in [4.78, 5) is 57.7. The lowest BCUT2D eigenvalue weighted by atomic mass is 9.96. The van der Waals surface area contributed by atoms with Crippen molar-refractivity contribution < 1.29 is 33.8 Å². The molecule has 0 unspecified atom stereocenters. The van der Waals surface area contributed by atoms with E-state index in [9.17, 15) is 24.3 Å². The van der Waals surface area contributed by atoms with E-state index in [2.05, 4.69) is 17.9 Å². The molecule has 1 saturated heterocycles. The quantitative estimate of drug-likeness (QED) is 0.239. The molecule has 0 radical (unpaired) electrons. The topological polar surface area (TPSA) is 125 Å². The molecule has 3 amide bonds. The monoisotopic (exact) mass is 631 g/mol. The van der Waals surface area contributed by atoms with Gasteiger partial charge in [-0.3, -0.25) is 19.2 Å². The minimum atomic E-state index is -1.10. The van der Waals surface area contributed by atoms with Gasteiger partial charge in [-0.1, -0.05) is 74.4 Å². The number of nitrogens with zero attached hydrogens (tertiary/aromatic N) is 2. The molecule has 0 bridgehead atoms. The van der Waals surface area contributed by atoms with Crippen molar-refractivity contribution in [3.05, 3.63) is 89.5 Å². The normalized spacial score (nSPS) is 17.2.